The first-order valence-corrected chi connectivity index (χ1v) is 8.01. The summed E-state index contributed by atoms with van der Waals surface area (Å²) in [5.41, 5.74) is 4.13. The number of aromatic nitrogens is 4. The second-order valence-electron chi connectivity index (χ2n) is 5.09. The molecule has 0 saturated heterocycles. The topological polar surface area (TPSA) is 52.3 Å². The predicted octanol–water partition coefficient (Wildman–Crippen LogP) is 3.67. The molecule has 0 spiro atoms. The van der Waals surface area contributed by atoms with Crippen molar-refractivity contribution >= 4 is 17.0 Å². The Kier molecular flexibility index (Phi) is 3.61. The summed E-state index contributed by atoms with van der Waals surface area (Å²) in [5.74, 6) is 0. The van der Waals surface area contributed by atoms with Crippen molar-refractivity contribution in [3.8, 4) is 21.8 Å². The van der Waals surface area contributed by atoms with Gasteiger partial charge in [-0.1, -0.05) is 41.7 Å². The van der Waals surface area contributed by atoms with Gasteiger partial charge in [0.05, 0.1) is 18.5 Å². The van der Waals surface area contributed by atoms with Gasteiger partial charge < -0.3 is 4.74 Å². The van der Waals surface area contributed by atoms with Gasteiger partial charge in [0.25, 0.3) is 0 Å². The Hall–Kier alpha value is -2.57. The van der Waals surface area contributed by atoms with Gasteiger partial charge in [-0.3, -0.25) is 4.40 Å². The van der Waals surface area contributed by atoms with Crippen molar-refractivity contribution in [2.45, 2.75) is 6.61 Å². The average molecular weight is 322 g/mol. The molecule has 0 aliphatic rings. The number of fused-ring (bicyclic) bond motifs is 1. The summed E-state index contributed by atoms with van der Waals surface area (Å²) in [6, 6.07) is 14.3. The fourth-order valence-electron chi connectivity index (χ4n) is 2.49. The summed E-state index contributed by atoms with van der Waals surface area (Å²) in [4.78, 5) is 4.52. The van der Waals surface area contributed by atoms with Crippen LogP contribution in [-0.4, -0.2) is 26.7 Å². The number of hydrogen-bond acceptors (Lipinski definition) is 5. The number of rotatable bonds is 4. The first kappa shape index (κ1) is 14.0. The molecule has 0 radical (unpaired) electrons. The summed E-state index contributed by atoms with van der Waals surface area (Å²) >= 11 is 1.54. The Morgan fingerprint density at radius 2 is 1.96 bits per heavy atom. The van der Waals surface area contributed by atoms with E-state index in [9.17, 15) is 0 Å². The van der Waals surface area contributed by atoms with Crippen molar-refractivity contribution in [2.75, 3.05) is 7.11 Å². The van der Waals surface area contributed by atoms with Gasteiger partial charge in [-0.15, -0.1) is 10.2 Å². The molecule has 5 nitrogen and oxygen atoms in total. The zero-order chi connectivity index (χ0) is 15.6. The third-order valence-corrected chi connectivity index (χ3v) is 4.51. The predicted molar refractivity (Wildman–Crippen MR) is 90.2 cm³/mol. The van der Waals surface area contributed by atoms with Crippen molar-refractivity contribution in [2.24, 2.45) is 0 Å². The van der Waals surface area contributed by atoms with E-state index in [1.807, 2.05) is 42.7 Å². The lowest BCUT2D eigenvalue weighted by Crippen LogP contribution is -1.88. The first-order chi connectivity index (χ1) is 11.3. The van der Waals surface area contributed by atoms with Gasteiger partial charge in [0.2, 0.25) is 0 Å². The fourth-order valence-corrected chi connectivity index (χ4v) is 3.30. The summed E-state index contributed by atoms with van der Waals surface area (Å²) in [6.45, 7) is 0.488. The van der Waals surface area contributed by atoms with Crippen molar-refractivity contribution in [3.63, 3.8) is 0 Å². The Bertz CT molecular complexity index is 946. The van der Waals surface area contributed by atoms with Crippen LogP contribution < -0.4 is 0 Å². The molecule has 114 valence electrons. The van der Waals surface area contributed by atoms with E-state index in [4.69, 9.17) is 4.74 Å². The zero-order valence-corrected chi connectivity index (χ0v) is 13.3. The maximum atomic E-state index is 5.09. The molecule has 1 aromatic carbocycles. The Balaban J connectivity index is 1.74. The molecular formula is C17H14N4OS. The minimum absolute atomic E-state index is 0.488. The lowest BCUT2D eigenvalue weighted by molar-refractivity contribution is 0.184. The van der Waals surface area contributed by atoms with Crippen molar-refractivity contribution in [1.82, 2.24) is 19.6 Å². The summed E-state index contributed by atoms with van der Waals surface area (Å²) in [7, 11) is 1.66. The van der Waals surface area contributed by atoms with Gasteiger partial charge in [0.1, 0.15) is 15.7 Å². The van der Waals surface area contributed by atoms with Gasteiger partial charge in [0, 0.05) is 24.4 Å². The van der Waals surface area contributed by atoms with E-state index in [1.54, 1.807) is 7.11 Å². The van der Waals surface area contributed by atoms with Crippen molar-refractivity contribution in [3.05, 3.63) is 59.9 Å². The summed E-state index contributed by atoms with van der Waals surface area (Å²) < 4.78 is 7.17. The number of nitrogens with zero attached hydrogens (tertiary/aromatic N) is 4. The molecule has 0 saturated carbocycles. The lowest BCUT2D eigenvalue weighted by Gasteiger charge is -2.02. The molecule has 6 heteroatoms. The van der Waals surface area contributed by atoms with E-state index >= 15 is 0 Å². The molecular weight excluding hydrogens is 308 g/mol. The van der Waals surface area contributed by atoms with E-state index in [0.29, 0.717) is 6.61 Å². The lowest BCUT2D eigenvalue weighted by atomic mass is 10.2. The largest absolute Gasteiger partial charge is 0.377 e. The molecule has 23 heavy (non-hydrogen) atoms. The Morgan fingerprint density at radius 3 is 2.78 bits per heavy atom. The van der Waals surface area contributed by atoms with Crippen LogP contribution >= 0.6 is 11.3 Å². The highest BCUT2D eigenvalue weighted by Crippen LogP contribution is 2.27. The Labute approximate surface area is 137 Å². The van der Waals surface area contributed by atoms with Gasteiger partial charge in [-0.05, 0) is 12.1 Å². The molecule has 3 heterocycles. The van der Waals surface area contributed by atoms with Crippen LogP contribution in [0.2, 0.25) is 0 Å². The van der Waals surface area contributed by atoms with Crippen molar-refractivity contribution in [1.29, 1.82) is 0 Å². The molecule has 0 unspecified atom stereocenters. The van der Waals surface area contributed by atoms with Crippen LogP contribution in [0.1, 0.15) is 5.01 Å². The summed E-state index contributed by atoms with van der Waals surface area (Å²) in [6.07, 6.45) is 3.92. The molecule has 4 rings (SSSR count). The van der Waals surface area contributed by atoms with Crippen LogP contribution in [0.15, 0.2) is 54.9 Å². The fraction of sp³-hybridized carbons (Fsp3) is 0.118. The smallest absolute Gasteiger partial charge is 0.148 e. The van der Waals surface area contributed by atoms with Crippen LogP contribution in [-0.2, 0) is 11.3 Å². The molecule has 0 atom stereocenters. The van der Waals surface area contributed by atoms with Gasteiger partial charge in [-0.25, -0.2) is 4.98 Å². The van der Waals surface area contributed by atoms with E-state index in [-0.39, 0.29) is 0 Å². The molecule has 0 aliphatic carbocycles. The quantitative estimate of drug-likeness (QED) is 0.575. The van der Waals surface area contributed by atoms with E-state index < -0.39 is 0 Å². The van der Waals surface area contributed by atoms with Gasteiger partial charge in [0.15, 0.2) is 0 Å². The van der Waals surface area contributed by atoms with Gasteiger partial charge >= 0.3 is 0 Å². The first-order valence-electron chi connectivity index (χ1n) is 7.19. The standard InChI is InChI=1S/C17H14N4OS/c1-22-11-16-19-20-17(23-16)13-7-8-21-14(10-18-15(21)9-13)12-5-3-2-4-6-12/h2-10H,11H2,1H3. The molecule has 3 aromatic heterocycles. The molecule has 0 N–H and O–H groups in total. The SMILES string of the molecule is COCc1nnc(-c2ccn3c(-c4ccccc4)cnc3c2)s1. The summed E-state index contributed by atoms with van der Waals surface area (Å²) in [5, 5.41) is 10.1. The Morgan fingerprint density at radius 1 is 1.09 bits per heavy atom. The number of imidazole rings is 1. The van der Waals surface area contributed by atoms with Crippen LogP contribution in [0.3, 0.4) is 0 Å². The van der Waals surface area contributed by atoms with E-state index in [0.717, 1.165) is 32.5 Å². The second kappa shape index (κ2) is 5.91. The number of pyridine rings is 1. The number of benzene rings is 1. The van der Waals surface area contributed by atoms with Crippen LogP contribution in [0.5, 0.6) is 0 Å². The number of hydrogen-bond donors (Lipinski definition) is 0. The normalized spacial score (nSPS) is 11.2. The molecule has 4 aromatic rings. The number of methoxy groups -OCH3 is 1. The van der Waals surface area contributed by atoms with E-state index in [1.165, 1.54) is 11.3 Å². The molecule has 0 amide bonds. The third-order valence-electron chi connectivity index (χ3n) is 3.56. The average Bonchev–Trinajstić information content (AvgIpc) is 3.22. The van der Waals surface area contributed by atoms with Crippen LogP contribution in [0.4, 0.5) is 0 Å². The van der Waals surface area contributed by atoms with E-state index in [2.05, 4.69) is 31.7 Å². The van der Waals surface area contributed by atoms with Gasteiger partial charge in [-0.2, -0.15) is 0 Å². The van der Waals surface area contributed by atoms with Crippen LogP contribution in [0, 0.1) is 0 Å². The zero-order valence-electron chi connectivity index (χ0n) is 12.5. The maximum absolute atomic E-state index is 5.09. The molecule has 0 fully saturated rings. The maximum Gasteiger partial charge on any atom is 0.148 e. The highest BCUT2D eigenvalue weighted by atomic mass is 32.1. The van der Waals surface area contributed by atoms with Crippen LogP contribution in [0.25, 0.3) is 27.5 Å². The minimum atomic E-state index is 0.488. The number of ether oxygens (including phenoxy) is 1. The highest BCUT2D eigenvalue weighted by molar-refractivity contribution is 7.14. The monoisotopic (exact) mass is 322 g/mol. The third kappa shape index (κ3) is 2.62. The molecule has 0 aliphatic heterocycles. The highest BCUT2D eigenvalue weighted by Gasteiger charge is 2.10. The minimum Gasteiger partial charge on any atom is -0.377 e. The van der Waals surface area contributed by atoms with Crippen molar-refractivity contribution < 1.29 is 4.74 Å². The second-order valence-corrected chi connectivity index (χ2v) is 6.15. The molecule has 0 bridgehead atoms.